The highest BCUT2D eigenvalue weighted by molar-refractivity contribution is 5.89. The number of amides is 2. The molecule has 5 nitrogen and oxygen atoms in total. The number of ether oxygens (including phenoxy) is 1. The monoisotopic (exact) mass is 303 g/mol. The summed E-state index contributed by atoms with van der Waals surface area (Å²) in [4.78, 5) is 17.9. The Kier molecular flexibility index (Phi) is 5.30. The van der Waals surface area contributed by atoms with E-state index >= 15 is 0 Å². The number of hydrogen-bond acceptors (Lipinski definition) is 3. The minimum absolute atomic E-state index is 0.265. The molecule has 1 aromatic carbocycles. The molecule has 0 aliphatic heterocycles. The zero-order valence-corrected chi connectivity index (χ0v) is 12.5. The quantitative estimate of drug-likeness (QED) is 0.922. The molecule has 1 heterocycles. The third kappa shape index (κ3) is 4.18. The third-order valence-electron chi connectivity index (χ3n) is 3.13. The van der Waals surface area contributed by atoms with Gasteiger partial charge in [-0.2, -0.15) is 0 Å². The van der Waals surface area contributed by atoms with Crippen LogP contribution in [0.1, 0.15) is 12.5 Å². The van der Waals surface area contributed by atoms with Gasteiger partial charge in [0.1, 0.15) is 5.82 Å². The summed E-state index contributed by atoms with van der Waals surface area (Å²) < 4.78 is 18.2. The van der Waals surface area contributed by atoms with Crippen molar-refractivity contribution in [2.45, 2.75) is 13.5 Å². The molecular weight excluding hydrogens is 285 g/mol. The number of rotatable bonds is 5. The lowest BCUT2D eigenvalue weighted by atomic mass is 10.2. The van der Waals surface area contributed by atoms with Crippen LogP contribution in [-0.4, -0.2) is 29.6 Å². The fourth-order valence-corrected chi connectivity index (χ4v) is 1.96. The summed E-state index contributed by atoms with van der Waals surface area (Å²) in [6.07, 6.45) is 1.52. The Labute approximate surface area is 128 Å². The molecule has 0 saturated carbocycles. The first kappa shape index (κ1) is 15.8. The molecule has 22 heavy (non-hydrogen) atoms. The van der Waals surface area contributed by atoms with Crippen molar-refractivity contribution in [2.75, 3.05) is 19.0 Å². The summed E-state index contributed by atoms with van der Waals surface area (Å²) in [5, 5.41) is 2.75. The van der Waals surface area contributed by atoms with Crippen LogP contribution in [0.4, 0.5) is 14.9 Å². The SMILES string of the molecule is CCN(Cc1cccc(F)c1)C(=O)Nc1ccc(OC)nc1. The number of halogens is 1. The van der Waals surface area contributed by atoms with E-state index in [1.165, 1.54) is 25.4 Å². The van der Waals surface area contributed by atoms with Crippen LogP contribution in [-0.2, 0) is 6.54 Å². The second-order valence-electron chi connectivity index (χ2n) is 4.66. The number of aromatic nitrogens is 1. The summed E-state index contributed by atoms with van der Waals surface area (Å²) >= 11 is 0. The standard InChI is InChI=1S/C16H18FN3O2/c1-3-20(11-12-5-4-6-13(17)9-12)16(21)19-14-7-8-15(22-2)18-10-14/h4-10H,3,11H2,1-2H3,(H,19,21). The smallest absolute Gasteiger partial charge is 0.322 e. The summed E-state index contributed by atoms with van der Waals surface area (Å²) in [7, 11) is 1.53. The lowest BCUT2D eigenvalue weighted by Crippen LogP contribution is -2.34. The van der Waals surface area contributed by atoms with Crippen LogP contribution in [0.5, 0.6) is 5.88 Å². The Morgan fingerprint density at radius 1 is 1.36 bits per heavy atom. The van der Waals surface area contributed by atoms with Crippen LogP contribution >= 0.6 is 0 Å². The number of carbonyl (C=O) groups is 1. The number of benzene rings is 1. The molecular formula is C16H18FN3O2. The van der Waals surface area contributed by atoms with Gasteiger partial charge in [-0.3, -0.25) is 0 Å². The van der Waals surface area contributed by atoms with E-state index in [4.69, 9.17) is 4.74 Å². The lowest BCUT2D eigenvalue weighted by molar-refractivity contribution is 0.212. The number of carbonyl (C=O) groups excluding carboxylic acids is 1. The van der Waals surface area contributed by atoms with Gasteiger partial charge >= 0.3 is 6.03 Å². The van der Waals surface area contributed by atoms with Crippen molar-refractivity contribution in [3.05, 3.63) is 54.0 Å². The molecule has 2 amide bonds. The van der Waals surface area contributed by atoms with E-state index in [-0.39, 0.29) is 11.8 Å². The van der Waals surface area contributed by atoms with Gasteiger partial charge in [-0.25, -0.2) is 14.2 Å². The molecule has 0 aliphatic rings. The molecule has 1 N–H and O–H groups in total. The van der Waals surface area contributed by atoms with Gasteiger partial charge in [0, 0.05) is 19.2 Å². The Balaban J connectivity index is 2.01. The Morgan fingerprint density at radius 3 is 2.77 bits per heavy atom. The van der Waals surface area contributed by atoms with Crippen LogP contribution in [0.15, 0.2) is 42.6 Å². The largest absolute Gasteiger partial charge is 0.481 e. The van der Waals surface area contributed by atoms with E-state index in [0.717, 1.165) is 5.56 Å². The van der Waals surface area contributed by atoms with Gasteiger partial charge in [0.25, 0.3) is 0 Å². The second kappa shape index (κ2) is 7.40. The van der Waals surface area contributed by atoms with Gasteiger partial charge in [-0.15, -0.1) is 0 Å². The molecule has 6 heteroatoms. The molecule has 0 spiro atoms. The zero-order chi connectivity index (χ0) is 15.9. The minimum atomic E-state index is -0.312. The topological polar surface area (TPSA) is 54.5 Å². The lowest BCUT2D eigenvalue weighted by Gasteiger charge is -2.21. The number of anilines is 1. The van der Waals surface area contributed by atoms with Crippen molar-refractivity contribution in [3.63, 3.8) is 0 Å². The zero-order valence-electron chi connectivity index (χ0n) is 12.5. The summed E-state index contributed by atoms with van der Waals surface area (Å²) in [6.45, 7) is 2.71. The molecule has 1 aromatic heterocycles. The second-order valence-corrected chi connectivity index (χ2v) is 4.66. The highest BCUT2D eigenvalue weighted by atomic mass is 19.1. The van der Waals surface area contributed by atoms with E-state index in [2.05, 4.69) is 10.3 Å². The van der Waals surface area contributed by atoms with E-state index in [0.29, 0.717) is 24.7 Å². The average molecular weight is 303 g/mol. The Hall–Kier alpha value is -2.63. The van der Waals surface area contributed by atoms with Crippen molar-refractivity contribution >= 4 is 11.7 Å². The van der Waals surface area contributed by atoms with Gasteiger partial charge < -0.3 is 15.0 Å². The van der Waals surface area contributed by atoms with Crippen LogP contribution in [0.3, 0.4) is 0 Å². The fraction of sp³-hybridized carbons (Fsp3) is 0.250. The van der Waals surface area contributed by atoms with Gasteiger partial charge in [-0.1, -0.05) is 12.1 Å². The molecule has 0 bridgehead atoms. The van der Waals surface area contributed by atoms with Crippen molar-refractivity contribution in [1.82, 2.24) is 9.88 Å². The van der Waals surface area contributed by atoms with Crippen LogP contribution in [0.25, 0.3) is 0 Å². The van der Waals surface area contributed by atoms with E-state index in [1.54, 1.807) is 29.2 Å². The summed E-state index contributed by atoms with van der Waals surface area (Å²) in [5.74, 6) is 0.165. The normalized spacial score (nSPS) is 10.1. The maximum atomic E-state index is 13.2. The molecule has 0 fully saturated rings. The summed E-state index contributed by atoms with van der Waals surface area (Å²) in [5.41, 5.74) is 1.31. The van der Waals surface area contributed by atoms with E-state index in [9.17, 15) is 9.18 Å². The number of nitrogens with one attached hydrogen (secondary N) is 1. The average Bonchev–Trinajstić information content (AvgIpc) is 2.53. The van der Waals surface area contributed by atoms with Crippen LogP contribution in [0.2, 0.25) is 0 Å². The van der Waals surface area contributed by atoms with Gasteiger partial charge in [0.05, 0.1) is 19.0 Å². The maximum Gasteiger partial charge on any atom is 0.322 e. The number of hydrogen-bond donors (Lipinski definition) is 1. The van der Waals surface area contributed by atoms with Crippen molar-refractivity contribution < 1.29 is 13.9 Å². The molecule has 2 aromatic rings. The number of pyridine rings is 1. The molecule has 2 rings (SSSR count). The van der Waals surface area contributed by atoms with Crippen LogP contribution < -0.4 is 10.1 Å². The third-order valence-corrected chi connectivity index (χ3v) is 3.13. The minimum Gasteiger partial charge on any atom is -0.481 e. The first-order valence-corrected chi connectivity index (χ1v) is 6.92. The first-order chi connectivity index (χ1) is 10.6. The van der Waals surface area contributed by atoms with Gasteiger partial charge in [0.2, 0.25) is 5.88 Å². The number of nitrogens with zero attached hydrogens (tertiary/aromatic N) is 2. The van der Waals surface area contributed by atoms with Crippen LogP contribution in [0, 0.1) is 5.82 Å². The highest BCUT2D eigenvalue weighted by Gasteiger charge is 2.12. The molecule has 0 unspecified atom stereocenters. The molecule has 0 saturated heterocycles. The van der Waals surface area contributed by atoms with Gasteiger partial charge in [0.15, 0.2) is 0 Å². The van der Waals surface area contributed by atoms with Crippen molar-refractivity contribution in [1.29, 1.82) is 0 Å². The van der Waals surface area contributed by atoms with Crippen molar-refractivity contribution in [3.8, 4) is 5.88 Å². The van der Waals surface area contributed by atoms with E-state index in [1.807, 2.05) is 6.92 Å². The van der Waals surface area contributed by atoms with E-state index < -0.39 is 0 Å². The fourth-order valence-electron chi connectivity index (χ4n) is 1.96. The molecule has 0 atom stereocenters. The summed E-state index contributed by atoms with van der Waals surface area (Å²) in [6, 6.07) is 9.32. The molecule has 116 valence electrons. The highest BCUT2D eigenvalue weighted by Crippen LogP contribution is 2.13. The Bertz CT molecular complexity index is 632. The van der Waals surface area contributed by atoms with Crippen molar-refractivity contribution in [2.24, 2.45) is 0 Å². The first-order valence-electron chi connectivity index (χ1n) is 6.92. The number of methoxy groups -OCH3 is 1. The molecule has 0 radical (unpaired) electrons. The predicted octanol–water partition coefficient (Wildman–Crippen LogP) is 3.28. The Morgan fingerprint density at radius 2 is 2.18 bits per heavy atom. The predicted molar refractivity (Wildman–Crippen MR) is 82.3 cm³/mol. The molecule has 0 aliphatic carbocycles. The number of urea groups is 1. The van der Waals surface area contributed by atoms with Gasteiger partial charge in [-0.05, 0) is 30.7 Å². The maximum absolute atomic E-state index is 13.2.